The minimum atomic E-state index is -1.12. The van der Waals surface area contributed by atoms with Crippen molar-refractivity contribution in [3.8, 4) is 0 Å². The minimum Gasteiger partial charge on any atom is -0.386 e. The molecule has 2 N–H and O–H groups in total. The lowest BCUT2D eigenvalue weighted by Crippen LogP contribution is -2.51. The van der Waals surface area contributed by atoms with E-state index in [9.17, 15) is 19.1 Å². The zero-order valence-corrected chi connectivity index (χ0v) is 13.5. The van der Waals surface area contributed by atoms with E-state index in [2.05, 4.69) is 5.32 Å². The van der Waals surface area contributed by atoms with E-state index in [-0.39, 0.29) is 29.8 Å². The van der Waals surface area contributed by atoms with E-state index in [1.54, 1.807) is 11.0 Å². The van der Waals surface area contributed by atoms with Crippen LogP contribution in [0.1, 0.15) is 38.4 Å². The Morgan fingerprint density at radius 2 is 2.09 bits per heavy atom. The Morgan fingerprint density at radius 1 is 1.39 bits per heavy atom. The summed E-state index contributed by atoms with van der Waals surface area (Å²) in [7, 11) is 0. The number of rotatable bonds is 6. The van der Waals surface area contributed by atoms with E-state index < -0.39 is 18.0 Å². The second-order valence-electron chi connectivity index (χ2n) is 6.16. The summed E-state index contributed by atoms with van der Waals surface area (Å²) in [6.45, 7) is 4.24. The van der Waals surface area contributed by atoms with Crippen LogP contribution >= 0.6 is 0 Å². The van der Waals surface area contributed by atoms with Gasteiger partial charge < -0.3 is 15.3 Å². The molecule has 1 fully saturated rings. The number of benzene rings is 1. The summed E-state index contributed by atoms with van der Waals surface area (Å²) in [5, 5.41) is 12.7. The Balaban J connectivity index is 1.99. The first-order valence-corrected chi connectivity index (χ1v) is 7.91. The molecule has 1 saturated heterocycles. The molecule has 0 bridgehead atoms. The molecular weight excluding hydrogens is 299 g/mol. The lowest BCUT2D eigenvalue weighted by Gasteiger charge is -2.30. The predicted octanol–water partition coefficient (Wildman–Crippen LogP) is 1.62. The number of carbonyl (C=O) groups is 2. The number of carbonyl (C=O) groups excluding carboxylic acids is 2. The van der Waals surface area contributed by atoms with Crippen molar-refractivity contribution in [1.82, 2.24) is 10.2 Å². The van der Waals surface area contributed by atoms with Gasteiger partial charge in [0.05, 0.1) is 6.10 Å². The molecule has 0 spiro atoms. The molecule has 6 heteroatoms. The van der Waals surface area contributed by atoms with Gasteiger partial charge in [0.2, 0.25) is 11.8 Å². The second kappa shape index (κ2) is 7.55. The maximum Gasteiger partial charge on any atom is 0.243 e. The van der Waals surface area contributed by atoms with Gasteiger partial charge in [-0.15, -0.1) is 0 Å². The van der Waals surface area contributed by atoms with Crippen molar-refractivity contribution in [3.05, 3.63) is 35.6 Å². The number of nitrogens with one attached hydrogen (secondary N) is 1. The third kappa shape index (κ3) is 4.07. The highest BCUT2D eigenvalue weighted by Gasteiger charge is 2.34. The van der Waals surface area contributed by atoms with Gasteiger partial charge in [-0.25, -0.2) is 4.39 Å². The minimum absolute atomic E-state index is 0.0199. The molecule has 1 aromatic carbocycles. The van der Waals surface area contributed by atoms with E-state index in [0.29, 0.717) is 13.0 Å². The van der Waals surface area contributed by atoms with E-state index in [4.69, 9.17) is 0 Å². The van der Waals surface area contributed by atoms with Crippen LogP contribution in [-0.2, 0) is 9.59 Å². The number of amides is 2. The predicted molar refractivity (Wildman–Crippen MR) is 83.9 cm³/mol. The van der Waals surface area contributed by atoms with Crippen molar-refractivity contribution in [3.63, 3.8) is 0 Å². The van der Waals surface area contributed by atoms with Crippen molar-refractivity contribution in [2.24, 2.45) is 5.92 Å². The van der Waals surface area contributed by atoms with Crippen LogP contribution in [0.3, 0.4) is 0 Å². The van der Waals surface area contributed by atoms with E-state index in [0.717, 1.165) is 6.42 Å². The summed E-state index contributed by atoms with van der Waals surface area (Å²) < 4.78 is 13.6. The molecular formula is C17H23FN2O3. The first kappa shape index (κ1) is 17.4. The molecule has 1 aliphatic heterocycles. The molecule has 23 heavy (non-hydrogen) atoms. The normalized spacial score (nSPS) is 17.4. The molecule has 0 aliphatic carbocycles. The lowest BCUT2D eigenvalue weighted by molar-refractivity contribution is -0.139. The topological polar surface area (TPSA) is 69.6 Å². The van der Waals surface area contributed by atoms with Gasteiger partial charge in [-0.2, -0.15) is 0 Å². The van der Waals surface area contributed by atoms with Crippen LogP contribution in [0.4, 0.5) is 4.39 Å². The Bertz CT molecular complexity index is 577. The summed E-state index contributed by atoms with van der Waals surface area (Å²) in [5.74, 6) is -0.883. The van der Waals surface area contributed by atoms with E-state index >= 15 is 0 Å². The Morgan fingerprint density at radius 3 is 2.65 bits per heavy atom. The third-order valence-electron chi connectivity index (χ3n) is 4.08. The quantitative estimate of drug-likeness (QED) is 0.836. The van der Waals surface area contributed by atoms with Crippen molar-refractivity contribution >= 4 is 11.8 Å². The zero-order valence-electron chi connectivity index (χ0n) is 13.5. The van der Waals surface area contributed by atoms with Crippen molar-refractivity contribution in [1.29, 1.82) is 0 Å². The van der Waals surface area contributed by atoms with Gasteiger partial charge in [0.15, 0.2) is 0 Å². The van der Waals surface area contributed by atoms with Crippen LogP contribution in [0.15, 0.2) is 24.3 Å². The summed E-state index contributed by atoms with van der Waals surface area (Å²) in [6, 6.07) is 5.36. The highest BCUT2D eigenvalue weighted by Crippen LogP contribution is 2.20. The number of hydrogen-bond donors (Lipinski definition) is 2. The van der Waals surface area contributed by atoms with Crippen molar-refractivity contribution in [2.45, 2.75) is 38.8 Å². The smallest absolute Gasteiger partial charge is 0.243 e. The summed E-state index contributed by atoms with van der Waals surface area (Å²) in [5.41, 5.74) is 0.145. The van der Waals surface area contributed by atoms with Gasteiger partial charge in [-0.3, -0.25) is 9.59 Å². The Hall–Kier alpha value is -1.95. The van der Waals surface area contributed by atoms with Crippen molar-refractivity contribution in [2.75, 3.05) is 13.1 Å². The largest absolute Gasteiger partial charge is 0.386 e. The molecule has 2 atom stereocenters. The summed E-state index contributed by atoms with van der Waals surface area (Å²) >= 11 is 0. The van der Waals surface area contributed by atoms with Crippen LogP contribution < -0.4 is 5.32 Å². The fourth-order valence-corrected chi connectivity index (χ4v) is 2.92. The van der Waals surface area contributed by atoms with Gasteiger partial charge in [0.1, 0.15) is 11.9 Å². The standard InChI is InChI=1S/C17H23FN2O3/c1-11(2)16(20-9-5-8-15(20)22)17(23)19-10-14(21)12-6-3-4-7-13(12)18/h3-4,6-7,11,14,16,21H,5,8-10H2,1-2H3,(H,19,23). The molecule has 0 radical (unpaired) electrons. The fraction of sp³-hybridized carbons (Fsp3) is 0.529. The van der Waals surface area contributed by atoms with Gasteiger partial charge in [-0.1, -0.05) is 32.0 Å². The number of hydrogen-bond acceptors (Lipinski definition) is 3. The average molecular weight is 322 g/mol. The van der Waals surface area contributed by atoms with Crippen LogP contribution in [0.25, 0.3) is 0 Å². The first-order valence-electron chi connectivity index (χ1n) is 7.91. The van der Waals surface area contributed by atoms with Gasteiger partial charge in [0.25, 0.3) is 0 Å². The highest BCUT2D eigenvalue weighted by atomic mass is 19.1. The van der Waals surface area contributed by atoms with E-state index in [1.165, 1.54) is 18.2 Å². The molecule has 1 heterocycles. The Kier molecular flexibility index (Phi) is 5.71. The van der Waals surface area contributed by atoms with Crippen molar-refractivity contribution < 1.29 is 19.1 Å². The molecule has 0 saturated carbocycles. The molecule has 1 aromatic rings. The highest BCUT2D eigenvalue weighted by molar-refractivity contribution is 5.88. The van der Waals surface area contributed by atoms with Crippen LogP contribution in [-0.4, -0.2) is 41.0 Å². The third-order valence-corrected chi connectivity index (χ3v) is 4.08. The fourth-order valence-electron chi connectivity index (χ4n) is 2.92. The number of aliphatic hydroxyl groups is 1. The van der Waals surface area contributed by atoms with Gasteiger partial charge in [0, 0.05) is 25.1 Å². The van der Waals surface area contributed by atoms with Crippen LogP contribution in [0.5, 0.6) is 0 Å². The van der Waals surface area contributed by atoms with E-state index in [1.807, 2.05) is 13.8 Å². The maximum atomic E-state index is 13.6. The molecule has 2 rings (SSSR count). The second-order valence-corrected chi connectivity index (χ2v) is 6.16. The Labute approximate surface area is 135 Å². The van der Waals surface area contributed by atoms with Crippen LogP contribution in [0, 0.1) is 11.7 Å². The van der Waals surface area contributed by atoms with Gasteiger partial charge >= 0.3 is 0 Å². The monoisotopic (exact) mass is 322 g/mol. The average Bonchev–Trinajstić information content (AvgIpc) is 2.91. The number of aliphatic hydroxyl groups excluding tert-OH is 1. The molecule has 2 amide bonds. The number of nitrogens with zero attached hydrogens (tertiary/aromatic N) is 1. The molecule has 2 unspecified atom stereocenters. The molecule has 126 valence electrons. The first-order chi connectivity index (χ1) is 10.9. The summed E-state index contributed by atoms with van der Waals surface area (Å²) in [6.07, 6.45) is 0.101. The van der Waals surface area contributed by atoms with Gasteiger partial charge in [-0.05, 0) is 18.4 Å². The molecule has 1 aliphatic rings. The SMILES string of the molecule is CC(C)C(C(=O)NCC(O)c1ccccc1F)N1CCCC1=O. The lowest BCUT2D eigenvalue weighted by atomic mass is 10.0. The molecule has 0 aromatic heterocycles. The summed E-state index contributed by atoms with van der Waals surface area (Å²) in [4.78, 5) is 25.9. The maximum absolute atomic E-state index is 13.6. The zero-order chi connectivity index (χ0) is 17.0. The number of likely N-dealkylation sites (tertiary alicyclic amines) is 1. The number of halogens is 1. The van der Waals surface area contributed by atoms with Crippen LogP contribution in [0.2, 0.25) is 0 Å². The molecule has 5 nitrogen and oxygen atoms in total.